The third-order valence-electron chi connectivity index (χ3n) is 0.954. The van der Waals surface area contributed by atoms with Crippen LogP contribution in [0.2, 0.25) is 0 Å². The Hall–Kier alpha value is -0.770. The lowest BCUT2D eigenvalue weighted by atomic mass is 10.3. The quantitative estimate of drug-likeness (QED) is 0.515. The fraction of sp³-hybridized carbons (Fsp3) is 0. The Morgan fingerprint density at radius 2 is 2.40 bits per heavy atom. The molecule has 0 fully saturated rings. The van der Waals surface area contributed by atoms with Gasteiger partial charge in [0, 0.05) is 11.8 Å². The second-order valence-electron chi connectivity index (χ2n) is 1.66. The van der Waals surface area contributed by atoms with Crippen LogP contribution in [0.1, 0.15) is 10.4 Å². The Morgan fingerprint density at radius 3 is 2.90 bits per heavy atom. The molecule has 0 N–H and O–H groups in total. The highest BCUT2D eigenvalue weighted by atomic mass is 79.9. The summed E-state index contributed by atoms with van der Waals surface area (Å²) in [5.41, 5.74) is 0.237. The molecule has 10 heavy (non-hydrogen) atoms. The van der Waals surface area contributed by atoms with Gasteiger partial charge in [0.1, 0.15) is 4.60 Å². The normalized spacial score (nSPS) is 9.40. The van der Waals surface area contributed by atoms with Crippen LogP contribution >= 0.6 is 15.9 Å². The van der Waals surface area contributed by atoms with Gasteiger partial charge in [-0.2, -0.15) is 0 Å². The molecule has 0 spiro atoms. The summed E-state index contributed by atoms with van der Waals surface area (Å²) in [6.45, 7) is 0. The van der Waals surface area contributed by atoms with Crippen LogP contribution in [0.3, 0.4) is 0 Å². The molecule has 0 aromatic carbocycles. The van der Waals surface area contributed by atoms with Crippen molar-refractivity contribution in [3.05, 3.63) is 28.2 Å². The molecule has 0 radical (unpaired) electrons. The first-order valence-electron chi connectivity index (χ1n) is 2.50. The third kappa shape index (κ3) is 1.39. The van der Waals surface area contributed by atoms with E-state index in [9.17, 15) is 9.18 Å². The molecule has 0 unspecified atom stereocenters. The first-order valence-corrected chi connectivity index (χ1v) is 3.29. The van der Waals surface area contributed by atoms with Crippen LogP contribution in [-0.2, 0) is 0 Å². The first kappa shape index (κ1) is 7.34. The zero-order valence-corrected chi connectivity index (χ0v) is 6.43. The van der Waals surface area contributed by atoms with E-state index < -0.39 is 5.82 Å². The number of rotatable bonds is 1. The van der Waals surface area contributed by atoms with Crippen molar-refractivity contribution in [2.24, 2.45) is 0 Å². The SMILES string of the molecule is O=Cc1cnc(Br)c(F)c1. The number of hydrogen-bond donors (Lipinski definition) is 0. The number of aromatic nitrogens is 1. The summed E-state index contributed by atoms with van der Waals surface area (Å²) in [6, 6.07) is 1.12. The van der Waals surface area contributed by atoms with Gasteiger partial charge < -0.3 is 0 Å². The van der Waals surface area contributed by atoms with E-state index in [1.54, 1.807) is 0 Å². The molecule has 0 saturated carbocycles. The lowest BCUT2D eigenvalue weighted by Gasteiger charge is -1.91. The van der Waals surface area contributed by atoms with Crippen LogP contribution in [-0.4, -0.2) is 11.3 Å². The summed E-state index contributed by atoms with van der Waals surface area (Å²) in [5.74, 6) is -0.524. The molecule has 2 nitrogen and oxygen atoms in total. The van der Waals surface area contributed by atoms with Gasteiger partial charge in [0.25, 0.3) is 0 Å². The summed E-state index contributed by atoms with van der Waals surface area (Å²) in [4.78, 5) is 13.6. The molecule has 0 aliphatic heterocycles. The Bertz CT molecular complexity index is 264. The summed E-state index contributed by atoms with van der Waals surface area (Å²) < 4.78 is 12.6. The van der Waals surface area contributed by atoms with Crippen molar-refractivity contribution < 1.29 is 9.18 Å². The lowest BCUT2D eigenvalue weighted by molar-refractivity contribution is 0.112. The van der Waals surface area contributed by atoms with Crippen LogP contribution in [0, 0.1) is 5.82 Å². The predicted molar refractivity (Wildman–Crippen MR) is 37.3 cm³/mol. The smallest absolute Gasteiger partial charge is 0.156 e. The topological polar surface area (TPSA) is 30.0 Å². The summed E-state index contributed by atoms with van der Waals surface area (Å²) in [6.07, 6.45) is 1.84. The van der Waals surface area contributed by atoms with Crippen molar-refractivity contribution in [2.45, 2.75) is 0 Å². The van der Waals surface area contributed by atoms with E-state index in [4.69, 9.17) is 0 Å². The van der Waals surface area contributed by atoms with Crippen molar-refractivity contribution in [1.82, 2.24) is 4.98 Å². The molecule has 0 aliphatic rings. The van der Waals surface area contributed by atoms with Gasteiger partial charge in [-0.05, 0) is 22.0 Å². The van der Waals surface area contributed by atoms with Crippen molar-refractivity contribution >= 4 is 22.2 Å². The number of carbonyl (C=O) groups excluding carboxylic acids is 1. The number of hydrogen-bond acceptors (Lipinski definition) is 2. The largest absolute Gasteiger partial charge is 0.298 e. The molecule has 0 bridgehead atoms. The number of carbonyl (C=O) groups is 1. The van der Waals surface area contributed by atoms with Gasteiger partial charge in [-0.15, -0.1) is 0 Å². The van der Waals surface area contributed by atoms with Gasteiger partial charge >= 0.3 is 0 Å². The highest BCUT2D eigenvalue weighted by molar-refractivity contribution is 9.10. The molecule has 1 rings (SSSR count). The fourth-order valence-electron chi connectivity index (χ4n) is 0.500. The maximum Gasteiger partial charge on any atom is 0.156 e. The second kappa shape index (κ2) is 2.88. The average Bonchev–Trinajstić information content (AvgIpc) is 1.95. The minimum atomic E-state index is -0.524. The maximum atomic E-state index is 12.5. The zero-order chi connectivity index (χ0) is 7.56. The van der Waals surface area contributed by atoms with Crippen molar-refractivity contribution in [1.29, 1.82) is 0 Å². The van der Waals surface area contributed by atoms with E-state index >= 15 is 0 Å². The lowest BCUT2D eigenvalue weighted by Crippen LogP contribution is -1.86. The Labute approximate surface area is 65.2 Å². The monoisotopic (exact) mass is 203 g/mol. The van der Waals surface area contributed by atoms with Gasteiger partial charge in [-0.1, -0.05) is 0 Å². The van der Waals surface area contributed by atoms with Crippen LogP contribution in [0.4, 0.5) is 4.39 Å². The average molecular weight is 204 g/mol. The van der Waals surface area contributed by atoms with E-state index in [1.165, 1.54) is 6.20 Å². The number of pyridine rings is 1. The first-order chi connectivity index (χ1) is 4.74. The summed E-state index contributed by atoms with van der Waals surface area (Å²) in [7, 11) is 0. The summed E-state index contributed by atoms with van der Waals surface area (Å²) in [5, 5.41) is 0. The molecule has 0 aliphatic carbocycles. The maximum absolute atomic E-state index is 12.5. The molecule has 52 valence electrons. The number of nitrogens with zero attached hydrogens (tertiary/aromatic N) is 1. The van der Waals surface area contributed by atoms with E-state index in [0.29, 0.717) is 6.29 Å². The van der Waals surface area contributed by atoms with Crippen LogP contribution < -0.4 is 0 Å². The highest BCUT2D eigenvalue weighted by Crippen LogP contribution is 2.11. The van der Waals surface area contributed by atoms with Crippen LogP contribution in [0.25, 0.3) is 0 Å². The van der Waals surface area contributed by atoms with Gasteiger partial charge in [-0.3, -0.25) is 4.79 Å². The number of aldehydes is 1. The molecule has 1 heterocycles. The van der Waals surface area contributed by atoms with Gasteiger partial charge in [-0.25, -0.2) is 9.37 Å². The molecule has 4 heteroatoms. The minimum absolute atomic E-state index is 0.123. The Balaban J connectivity index is 3.16. The Morgan fingerprint density at radius 1 is 1.70 bits per heavy atom. The van der Waals surface area contributed by atoms with Crippen molar-refractivity contribution in [3.8, 4) is 0 Å². The third-order valence-corrected chi connectivity index (χ3v) is 1.54. The molecule has 0 atom stereocenters. The van der Waals surface area contributed by atoms with Crippen LogP contribution in [0.5, 0.6) is 0 Å². The molecular formula is C6H3BrFNO. The van der Waals surface area contributed by atoms with Gasteiger partial charge in [0.05, 0.1) is 0 Å². The summed E-state index contributed by atoms with van der Waals surface area (Å²) >= 11 is 2.86. The molecule has 1 aromatic heterocycles. The molecule has 0 saturated heterocycles. The molecule has 0 amide bonds. The fourth-order valence-corrected chi connectivity index (χ4v) is 0.717. The van der Waals surface area contributed by atoms with E-state index in [0.717, 1.165) is 6.07 Å². The van der Waals surface area contributed by atoms with Crippen molar-refractivity contribution in [3.63, 3.8) is 0 Å². The van der Waals surface area contributed by atoms with Crippen molar-refractivity contribution in [2.75, 3.05) is 0 Å². The highest BCUT2D eigenvalue weighted by Gasteiger charge is 1.99. The standard InChI is InChI=1S/C6H3BrFNO/c7-6-5(8)1-4(3-10)2-9-6/h1-3H. The van der Waals surface area contributed by atoms with E-state index in [1.807, 2.05) is 0 Å². The van der Waals surface area contributed by atoms with Gasteiger partial charge in [0.2, 0.25) is 0 Å². The van der Waals surface area contributed by atoms with Gasteiger partial charge in [0.15, 0.2) is 12.1 Å². The molecule has 1 aromatic rings. The number of halogens is 2. The van der Waals surface area contributed by atoms with Crippen LogP contribution in [0.15, 0.2) is 16.9 Å². The molecular weight excluding hydrogens is 201 g/mol. The van der Waals surface area contributed by atoms with E-state index in [2.05, 4.69) is 20.9 Å². The minimum Gasteiger partial charge on any atom is -0.298 e. The second-order valence-corrected chi connectivity index (χ2v) is 2.41. The Kier molecular flexibility index (Phi) is 2.11. The van der Waals surface area contributed by atoms with E-state index in [-0.39, 0.29) is 10.2 Å². The predicted octanol–water partition coefficient (Wildman–Crippen LogP) is 1.80. The zero-order valence-electron chi connectivity index (χ0n) is 4.84.